The van der Waals surface area contributed by atoms with Crippen molar-refractivity contribution in [3.8, 4) is 0 Å². The van der Waals surface area contributed by atoms with E-state index in [2.05, 4.69) is 18.4 Å². The molecule has 0 aliphatic carbocycles. The maximum atomic E-state index is 12.3. The van der Waals surface area contributed by atoms with E-state index in [0.29, 0.717) is 6.42 Å². The molecule has 1 unspecified atom stereocenters. The van der Waals surface area contributed by atoms with E-state index in [9.17, 15) is 14.2 Å². The average Bonchev–Trinajstić information content (AvgIpc) is 3.00. The maximum Gasteiger partial charge on any atom is 0.469 e. The van der Waals surface area contributed by atoms with Gasteiger partial charge in [0.2, 0.25) is 0 Å². The van der Waals surface area contributed by atoms with Gasteiger partial charge in [-0.05, 0) is 12.8 Å². The second-order valence-electron chi connectivity index (χ2n) is 12.9. The van der Waals surface area contributed by atoms with E-state index in [4.69, 9.17) is 19.3 Å². The molecule has 1 atom stereocenters. The van der Waals surface area contributed by atoms with Gasteiger partial charge in [0.25, 0.3) is 0 Å². The van der Waals surface area contributed by atoms with Crippen LogP contribution in [-0.4, -0.2) is 41.0 Å². The highest BCUT2D eigenvalue weighted by atomic mass is 31.2. The molecule has 0 saturated heterocycles. The van der Waals surface area contributed by atoms with E-state index in [1.165, 1.54) is 128 Å². The summed E-state index contributed by atoms with van der Waals surface area (Å²) in [7, 11) is -4.73. The minimum absolute atomic E-state index is 0.219. The predicted molar refractivity (Wildman–Crippen MR) is 184 cm³/mol. The first-order valence-electron chi connectivity index (χ1n) is 18.8. The topological polar surface area (TPSA) is 119 Å². The normalized spacial score (nSPS) is 12.4. The van der Waals surface area contributed by atoms with Crippen molar-refractivity contribution in [1.82, 2.24) is 0 Å². The van der Waals surface area contributed by atoms with Crippen molar-refractivity contribution in [2.24, 2.45) is 0 Å². The monoisotopic (exact) mass is 662 g/mol. The van der Waals surface area contributed by atoms with Crippen LogP contribution in [0.4, 0.5) is 0 Å². The first-order valence-corrected chi connectivity index (χ1v) is 20.4. The molecule has 0 aromatic rings. The summed E-state index contributed by atoms with van der Waals surface area (Å²) in [6, 6.07) is 0. The lowest BCUT2D eigenvalue weighted by Gasteiger charge is -2.18. The van der Waals surface area contributed by atoms with Crippen LogP contribution in [0.2, 0.25) is 0 Å². The zero-order valence-electron chi connectivity index (χ0n) is 29.3. The zero-order chi connectivity index (χ0) is 33.3. The van der Waals surface area contributed by atoms with Crippen LogP contribution in [0.25, 0.3) is 0 Å². The Morgan fingerprint density at radius 2 is 0.800 bits per heavy atom. The summed E-state index contributed by atoms with van der Waals surface area (Å²) in [5.41, 5.74) is 0. The molecule has 0 saturated carbocycles. The van der Waals surface area contributed by atoms with Gasteiger partial charge in [-0.25, -0.2) is 4.57 Å². The van der Waals surface area contributed by atoms with Crippen molar-refractivity contribution >= 4 is 19.8 Å². The summed E-state index contributed by atoms with van der Waals surface area (Å²) in [4.78, 5) is 42.4. The molecular formula is C36H71O8P. The quantitative estimate of drug-likeness (QED) is 0.0391. The minimum atomic E-state index is -4.73. The summed E-state index contributed by atoms with van der Waals surface area (Å²) in [6.45, 7) is 3.62. The largest absolute Gasteiger partial charge is 0.469 e. The highest BCUT2D eigenvalue weighted by Crippen LogP contribution is 2.36. The molecule has 0 amide bonds. The first-order chi connectivity index (χ1) is 21.8. The molecule has 0 aliphatic heterocycles. The third-order valence-electron chi connectivity index (χ3n) is 8.38. The van der Waals surface area contributed by atoms with Crippen molar-refractivity contribution in [1.29, 1.82) is 0 Å². The smallest absolute Gasteiger partial charge is 0.462 e. The van der Waals surface area contributed by atoms with Gasteiger partial charge in [0, 0.05) is 12.8 Å². The Kier molecular flexibility index (Phi) is 32.3. The number of phosphoric acid groups is 1. The number of phosphoric ester groups is 1. The molecule has 0 rings (SSSR count). The van der Waals surface area contributed by atoms with Crippen molar-refractivity contribution in [3.63, 3.8) is 0 Å². The Labute approximate surface area is 276 Å². The molecule has 45 heavy (non-hydrogen) atoms. The number of hydrogen-bond acceptors (Lipinski definition) is 6. The lowest BCUT2D eigenvalue weighted by molar-refractivity contribution is -0.161. The van der Waals surface area contributed by atoms with Gasteiger partial charge < -0.3 is 19.3 Å². The predicted octanol–water partition coefficient (Wildman–Crippen LogP) is 10.9. The van der Waals surface area contributed by atoms with Gasteiger partial charge in [0.1, 0.15) is 6.61 Å². The molecule has 268 valence electrons. The van der Waals surface area contributed by atoms with Crippen LogP contribution < -0.4 is 0 Å². The molecule has 0 heterocycles. The number of esters is 2. The Morgan fingerprint density at radius 1 is 0.489 bits per heavy atom. The molecule has 0 radical (unpaired) electrons. The number of ether oxygens (including phenoxy) is 2. The van der Waals surface area contributed by atoms with E-state index in [1.54, 1.807) is 0 Å². The first kappa shape index (κ1) is 44.0. The molecule has 0 spiro atoms. The van der Waals surface area contributed by atoms with Gasteiger partial charge in [-0.1, -0.05) is 174 Å². The van der Waals surface area contributed by atoms with E-state index in [0.717, 1.165) is 38.5 Å². The van der Waals surface area contributed by atoms with Crippen LogP contribution in [0.3, 0.4) is 0 Å². The molecular weight excluding hydrogens is 591 g/mol. The summed E-state index contributed by atoms with van der Waals surface area (Å²) in [6.07, 6.45) is 33.0. The second-order valence-corrected chi connectivity index (χ2v) is 14.2. The van der Waals surface area contributed by atoms with Crippen LogP contribution >= 0.6 is 7.82 Å². The van der Waals surface area contributed by atoms with Gasteiger partial charge in [0.15, 0.2) is 6.10 Å². The molecule has 0 bridgehead atoms. The summed E-state index contributed by atoms with van der Waals surface area (Å²) in [5, 5.41) is 0. The number of hydrogen-bond donors (Lipinski definition) is 2. The van der Waals surface area contributed by atoms with Gasteiger partial charge in [0.05, 0.1) is 6.61 Å². The summed E-state index contributed by atoms with van der Waals surface area (Å²) < 4.78 is 26.1. The molecule has 2 N–H and O–H groups in total. The fourth-order valence-corrected chi connectivity index (χ4v) is 5.91. The second kappa shape index (κ2) is 33.0. The van der Waals surface area contributed by atoms with Crippen molar-refractivity contribution in [2.45, 2.75) is 206 Å². The fraction of sp³-hybridized carbons (Fsp3) is 0.944. The lowest BCUT2D eigenvalue weighted by atomic mass is 10.0. The molecule has 8 nitrogen and oxygen atoms in total. The van der Waals surface area contributed by atoms with E-state index in [-0.39, 0.29) is 19.4 Å². The highest BCUT2D eigenvalue weighted by Gasteiger charge is 2.22. The van der Waals surface area contributed by atoms with Crippen LogP contribution in [0, 0.1) is 0 Å². The van der Waals surface area contributed by atoms with Crippen molar-refractivity contribution in [3.05, 3.63) is 0 Å². The maximum absolute atomic E-state index is 12.3. The van der Waals surface area contributed by atoms with Gasteiger partial charge in [-0.2, -0.15) is 0 Å². The molecule has 0 aliphatic rings. The number of rotatable bonds is 35. The van der Waals surface area contributed by atoms with Crippen molar-refractivity contribution < 1.29 is 37.9 Å². The summed E-state index contributed by atoms with van der Waals surface area (Å²) in [5.74, 6) is -0.883. The van der Waals surface area contributed by atoms with Crippen LogP contribution in [-0.2, 0) is 28.2 Å². The SMILES string of the molecule is CCCCCCCCCCCCCCCCCCCCCCCC(=O)OC(COC(=O)CCCCCCCC)COP(=O)(O)O. The number of unbranched alkanes of at least 4 members (excludes halogenated alkanes) is 25. The van der Waals surface area contributed by atoms with E-state index in [1.807, 2.05) is 0 Å². The zero-order valence-corrected chi connectivity index (χ0v) is 30.2. The Morgan fingerprint density at radius 3 is 1.13 bits per heavy atom. The Bertz CT molecular complexity index is 711. The van der Waals surface area contributed by atoms with E-state index < -0.39 is 32.5 Å². The number of carbonyl (C=O) groups is 2. The molecule has 0 fully saturated rings. The van der Waals surface area contributed by atoms with Crippen LogP contribution in [0.1, 0.15) is 200 Å². The molecule has 0 aromatic carbocycles. The minimum Gasteiger partial charge on any atom is -0.462 e. The van der Waals surface area contributed by atoms with Gasteiger partial charge >= 0.3 is 19.8 Å². The summed E-state index contributed by atoms with van der Waals surface area (Å²) >= 11 is 0. The third-order valence-corrected chi connectivity index (χ3v) is 8.86. The molecule has 0 aromatic heterocycles. The number of carbonyl (C=O) groups excluding carboxylic acids is 2. The Hall–Kier alpha value is -0.950. The average molecular weight is 663 g/mol. The standard InChI is InChI=1S/C36H71O8P/c1-3-5-7-9-11-12-13-14-15-16-17-18-19-20-21-22-23-24-25-27-29-31-36(38)44-34(33-43-45(39,40)41)32-42-35(37)30-28-26-10-8-6-4-2/h34H,3-33H2,1-2H3,(H2,39,40,41). The lowest BCUT2D eigenvalue weighted by Crippen LogP contribution is -2.29. The fourth-order valence-electron chi connectivity index (χ4n) is 5.55. The third kappa shape index (κ3) is 35.7. The van der Waals surface area contributed by atoms with Crippen molar-refractivity contribution in [2.75, 3.05) is 13.2 Å². The highest BCUT2D eigenvalue weighted by molar-refractivity contribution is 7.46. The van der Waals surface area contributed by atoms with Gasteiger partial charge in [-0.15, -0.1) is 0 Å². The molecule has 9 heteroatoms. The Balaban J connectivity index is 3.75. The van der Waals surface area contributed by atoms with Gasteiger partial charge in [-0.3, -0.25) is 14.1 Å². The van der Waals surface area contributed by atoms with E-state index >= 15 is 0 Å². The van der Waals surface area contributed by atoms with Crippen LogP contribution in [0.5, 0.6) is 0 Å². The van der Waals surface area contributed by atoms with Crippen LogP contribution in [0.15, 0.2) is 0 Å².